The lowest BCUT2D eigenvalue weighted by Gasteiger charge is -2.19. The number of carbonyl (C=O) groups excluding carboxylic acids is 2. The summed E-state index contributed by atoms with van der Waals surface area (Å²) in [5.41, 5.74) is 0.268. The van der Waals surface area contributed by atoms with Gasteiger partial charge in [-0.2, -0.15) is 0 Å². The van der Waals surface area contributed by atoms with Crippen molar-refractivity contribution in [3.05, 3.63) is 30.1 Å². The molecule has 0 bridgehead atoms. The van der Waals surface area contributed by atoms with E-state index in [4.69, 9.17) is 4.74 Å². The molecule has 0 radical (unpaired) electrons. The van der Waals surface area contributed by atoms with Gasteiger partial charge in [0.25, 0.3) is 0 Å². The van der Waals surface area contributed by atoms with E-state index >= 15 is 0 Å². The number of Topliss-reactive ketones (excluding diaryl/α,β-unsaturated/α-hetero) is 1. The van der Waals surface area contributed by atoms with E-state index in [1.165, 1.54) is 10.8 Å². The van der Waals surface area contributed by atoms with Crippen LogP contribution in [0.3, 0.4) is 0 Å². The van der Waals surface area contributed by atoms with Crippen LogP contribution in [0.2, 0.25) is 0 Å². The quantitative estimate of drug-likeness (QED) is 0.621. The average molecular weight is 339 g/mol. The van der Waals surface area contributed by atoms with E-state index in [0.29, 0.717) is 16.6 Å². The maximum Gasteiger partial charge on any atom is 0.420 e. The summed E-state index contributed by atoms with van der Waals surface area (Å²) in [6, 6.07) is 3.49. The molecule has 0 fully saturated rings. The van der Waals surface area contributed by atoms with E-state index in [-0.39, 0.29) is 11.1 Å². The van der Waals surface area contributed by atoms with Gasteiger partial charge in [0.1, 0.15) is 11.2 Å². The second-order valence-electron chi connectivity index (χ2n) is 5.32. The third kappa shape index (κ3) is 2.90. The minimum Gasteiger partial charge on any atom is -0.443 e. The summed E-state index contributed by atoms with van der Waals surface area (Å²) >= 11 is 3.14. The second kappa shape index (κ2) is 5.36. The van der Waals surface area contributed by atoms with Gasteiger partial charge in [-0.1, -0.05) is 15.9 Å². The molecule has 0 aliphatic rings. The number of ketones is 1. The van der Waals surface area contributed by atoms with Crippen molar-refractivity contribution < 1.29 is 14.3 Å². The highest BCUT2D eigenvalue weighted by molar-refractivity contribution is 9.09. The number of alkyl halides is 1. The second-order valence-corrected chi connectivity index (χ2v) is 5.89. The van der Waals surface area contributed by atoms with E-state index in [2.05, 4.69) is 20.9 Å². The van der Waals surface area contributed by atoms with Gasteiger partial charge in [0.2, 0.25) is 0 Å². The zero-order chi connectivity index (χ0) is 14.9. The maximum absolute atomic E-state index is 12.2. The van der Waals surface area contributed by atoms with Crippen LogP contribution in [0.15, 0.2) is 24.5 Å². The molecule has 0 amide bonds. The molecule has 2 aromatic rings. The number of halogens is 1. The highest BCUT2D eigenvalue weighted by atomic mass is 79.9. The van der Waals surface area contributed by atoms with Crippen LogP contribution in [0.25, 0.3) is 11.0 Å². The molecule has 2 heterocycles. The number of ether oxygens (including phenoxy) is 1. The van der Waals surface area contributed by atoms with Crippen LogP contribution in [0.4, 0.5) is 4.79 Å². The summed E-state index contributed by atoms with van der Waals surface area (Å²) < 4.78 is 6.59. The summed E-state index contributed by atoms with van der Waals surface area (Å²) in [6.07, 6.45) is 2.51. The van der Waals surface area contributed by atoms with Gasteiger partial charge in [0.15, 0.2) is 5.78 Å². The zero-order valence-corrected chi connectivity index (χ0v) is 13.1. The molecule has 5 nitrogen and oxygen atoms in total. The van der Waals surface area contributed by atoms with Gasteiger partial charge in [0.05, 0.1) is 5.33 Å². The van der Waals surface area contributed by atoms with Crippen LogP contribution in [-0.4, -0.2) is 32.4 Å². The SMILES string of the molecule is CC(C)(C)OC(=O)n1cc(C(=O)CBr)c2cccnc21. The van der Waals surface area contributed by atoms with Gasteiger partial charge in [-0.25, -0.2) is 14.3 Å². The van der Waals surface area contributed by atoms with E-state index in [1.807, 2.05) is 0 Å². The van der Waals surface area contributed by atoms with Crippen LogP contribution in [0.1, 0.15) is 31.1 Å². The molecule has 0 aliphatic heterocycles. The maximum atomic E-state index is 12.2. The molecule has 2 rings (SSSR count). The number of carbonyl (C=O) groups is 2. The van der Waals surface area contributed by atoms with Gasteiger partial charge in [-0.15, -0.1) is 0 Å². The fourth-order valence-corrected chi connectivity index (χ4v) is 2.11. The van der Waals surface area contributed by atoms with E-state index in [9.17, 15) is 9.59 Å². The Morgan fingerprint density at radius 2 is 2.10 bits per heavy atom. The highest BCUT2D eigenvalue weighted by Gasteiger charge is 2.22. The van der Waals surface area contributed by atoms with Gasteiger partial charge in [-0.05, 0) is 32.9 Å². The van der Waals surface area contributed by atoms with Crippen molar-refractivity contribution in [1.82, 2.24) is 9.55 Å². The standard InChI is InChI=1S/C14H15BrN2O3/c1-14(2,3)20-13(19)17-8-10(11(18)7-15)9-5-4-6-16-12(9)17/h4-6,8H,7H2,1-3H3. The van der Waals surface area contributed by atoms with Gasteiger partial charge in [0, 0.05) is 23.3 Å². The van der Waals surface area contributed by atoms with E-state index in [0.717, 1.165) is 0 Å². The number of aromatic nitrogens is 2. The predicted molar refractivity (Wildman–Crippen MR) is 79.5 cm³/mol. The smallest absolute Gasteiger partial charge is 0.420 e. The predicted octanol–water partition coefficient (Wildman–Crippen LogP) is 3.40. The van der Waals surface area contributed by atoms with Crippen LogP contribution >= 0.6 is 15.9 Å². The molecule has 6 heteroatoms. The lowest BCUT2D eigenvalue weighted by atomic mass is 10.2. The average Bonchev–Trinajstić information content (AvgIpc) is 2.75. The van der Waals surface area contributed by atoms with Crippen LogP contribution in [-0.2, 0) is 4.74 Å². The molecule has 0 saturated carbocycles. The van der Waals surface area contributed by atoms with Crippen molar-refractivity contribution in [1.29, 1.82) is 0 Å². The Hall–Kier alpha value is -1.69. The van der Waals surface area contributed by atoms with Crippen molar-refractivity contribution in [2.45, 2.75) is 26.4 Å². The third-order valence-corrected chi connectivity index (χ3v) is 3.08. The minimum absolute atomic E-state index is 0.106. The molecule has 0 saturated heterocycles. The first kappa shape index (κ1) is 14.7. The Bertz CT molecular complexity index is 671. The zero-order valence-electron chi connectivity index (χ0n) is 11.5. The van der Waals surface area contributed by atoms with Crippen molar-refractivity contribution in [3.63, 3.8) is 0 Å². The Labute approximate surface area is 125 Å². The van der Waals surface area contributed by atoms with Gasteiger partial charge >= 0.3 is 6.09 Å². The van der Waals surface area contributed by atoms with Crippen molar-refractivity contribution >= 4 is 38.8 Å². The van der Waals surface area contributed by atoms with E-state index < -0.39 is 11.7 Å². The first-order valence-electron chi connectivity index (χ1n) is 6.12. The fourth-order valence-electron chi connectivity index (χ4n) is 1.80. The largest absolute Gasteiger partial charge is 0.443 e. The van der Waals surface area contributed by atoms with Crippen molar-refractivity contribution in [3.8, 4) is 0 Å². The van der Waals surface area contributed by atoms with Crippen LogP contribution < -0.4 is 0 Å². The lowest BCUT2D eigenvalue weighted by Crippen LogP contribution is -2.26. The topological polar surface area (TPSA) is 61.2 Å². The number of hydrogen-bond acceptors (Lipinski definition) is 4. The number of fused-ring (bicyclic) bond motifs is 1. The summed E-state index contributed by atoms with van der Waals surface area (Å²) in [5, 5.41) is 0.831. The Morgan fingerprint density at radius 3 is 2.70 bits per heavy atom. The van der Waals surface area contributed by atoms with Crippen molar-refractivity contribution in [2.75, 3.05) is 5.33 Å². The molecule has 0 unspecified atom stereocenters. The Balaban J connectivity index is 2.54. The van der Waals surface area contributed by atoms with Gasteiger partial charge < -0.3 is 4.74 Å². The van der Waals surface area contributed by atoms with Crippen LogP contribution in [0, 0.1) is 0 Å². The summed E-state index contributed by atoms with van der Waals surface area (Å²) in [7, 11) is 0. The third-order valence-electron chi connectivity index (χ3n) is 2.58. The van der Waals surface area contributed by atoms with E-state index in [1.54, 1.807) is 39.1 Å². The summed E-state index contributed by atoms with van der Waals surface area (Å²) in [4.78, 5) is 28.2. The number of hydrogen-bond donors (Lipinski definition) is 0. The number of nitrogens with zero attached hydrogens (tertiary/aromatic N) is 2. The number of pyridine rings is 1. The normalized spacial score (nSPS) is 11.6. The first-order valence-corrected chi connectivity index (χ1v) is 7.24. The summed E-state index contributed by atoms with van der Waals surface area (Å²) in [5.74, 6) is -0.106. The molecule has 0 spiro atoms. The molecule has 106 valence electrons. The van der Waals surface area contributed by atoms with Crippen molar-refractivity contribution in [2.24, 2.45) is 0 Å². The molecule has 0 N–H and O–H groups in total. The Morgan fingerprint density at radius 1 is 1.40 bits per heavy atom. The van der Waals surface area contributed by atoms with Crippen LogP contribution in [0.5, 0.6) is 0 Å². The highest BCUT2D eigenvalue weighted by Crippen LogP contribution is 2.22. The molecule has 0 aromatic carbocycles. The molecule has 20 heavy (non-hydrogen) atoms. The molecular formula is C14H15BrN2O3. The van der Waals surface area contributed by atoms with Gasteiger partial charge in [-0.3, -0.25) is 4.79 Å². The molecule has 0 atom stereocenters. The minimum atomic E-state index is -0.609. The molecule has 2 aromatic heterocycles. The monoisotopic (exact) mass is 338 g/mol. The Kier molecular flexibility index (Phi) is 3.94. The molecular weight excluding hydrogens is 324 g/mol. The first-order chi connectivity index (χ1) is 9.33. The lowest BCUT2D eigenvalue weighted by molar-refractivity contribution is 0.0543. The number of rotatable bonds is 2. The molecule has 0 aliphatic carbocycles. The fraction of sp³-hybridized carbons (Fsp3) is 0.357. The summed E-state index contributed by atoms with van der Waals surface area (Å²) in [6.45, 7) is 5.36.